The summed E-state index contributed by atoms with van der Waals surface area (Å²) in [5.41, 5.74) is -0.342. The molecule has 1 atom stereocenters. The van der Waals surface area contributed by atoms with Crippen LogP contribution in [0.25, 0.3) is 0 Å². The Hall–Kier alpha value is -1.46. The van der Waals surface area contributed by atoms with Crippen molar-refractivity contribution in [1.82, 2.24) is 9.78 Å². The van der Waals surface area contributed by atoms with Crippen LogP contribution in [0.15, 0.2) is 12.3 Å². The fourth-order valence-corrected chi connectivity index (χ4v) is 1.06. The molecule has 0 unspecified atom stereocenters. The number of carbonyl (C=O) groups excluding carboxylic acids is 1. The van der Waals surface area contributed by atoms with Crippen LogP contribution >= 0.6 is 0 Å². The van der Waals surface area contributed by atoms with Crippen molar-refractivity contribution in [3.63, 3.8) is 0 Å². The van der Waals surface area contributed by atoms with Crippen LogP contribution in [0.3, 0.4) is 0 Å². The van der Waals surface area contributed by atoms with Crippen molar-refractivity contribution in [3.05, 3.63) is 18.0 Å². The Morgan fingerprint density at radius 1 is 1.67 bits per heavy atom. The number of nitrogens with zero attached hydrogens (tertiary/aromatic N) is 2. The van der Waals surface area contributed by atoms with Crippen LogP contribution in [-0.4, -0.2) is 22.4 Å². The molecule has 4 nitrogen and oxygen atoms in total. The molecule has 0 aromatic carbocycles. The molecule has 0 bridgehead atoms. The van der Waals surface area contributed by atoms with Crippen LogP contribution in [0.5, 0.6) is 0 Å². The van der Waals surface area contributed by atoms with E-state index < -0.39 is 18.4 Å². The fourth-order valence-electron chi connectivity index (χ4n) is 1.06. The summed E-state index contributed by atoms with van der Waals surface area (Å²) < 4.78 is 30.3. The van der Waals surface area contributed by atoms with Gasteiger partial charge in [-0.3, -0.25) is 4.68 Å². The highest BCUT2D eigenvalue weighted by Gasteiger charge is 2.19. The molecule has 0 N–H and O–H groups in total. The van der Waals surface area contributed by atoms with Gasteiger partial charge in [0.25, 0.3) is 6.43 Å². The van der Waals surface area contributed by atoms with E-state index in [1.807, 2.05) is 0 Å². The van der Waals surface area contributed by atoms with Crippen LogP contribution < -0.4 is 0 Å². The summed E-state index contributed by atoms with van der Waals surface area (Å²) in [5, 5.41) is 3.58. The molecule has 0 saturated carbocycles. The van der Waals surface area contributed by atoms with E-state index in [1.165, 1.54) is 16.9 Å². The third kappa shape index (κ3) is 2.74. The minimum absolute atomic E-state index is 0.256. The second kappa shape index (κ2) is 4.86. The van der Waals surface area contributed by atoms with Gasteiger partial charge in [-0.25, -0.2) is 13.6 Å². The molecule has 84 valence electrons. The predicted octanol–water partition coefficient (Wildman–Crippen LogP) is 1.94. The Labute approximate surface area is 85.8 Å². The molecule has 0 aliphatic carbocycles. The van der Waals surface area contributed by atoms with Crippen molar-refractivity contribution in [1.29, 1.82) is 0 Å². The molecular weight excluding hydrogens is 206 g/mol. The number of ether oxygens (including phenoxy) is 1. The van der Waals surface area contributed by atoms with Crippen molar-refractivity contribution in [2.75, 3.05) is 6.61 Å². The number of rotatable bonds is 4. The topological polar surface area (TPSA) is 44.1 Å². The third-order valence-electron chi connectivity index (χ3n) is 1.88. The minimum atomic E-state index is -2.62. The maximum atomic E-state index is 12.2. The molecule has 1 heterocycles. The summed E-state index contributed by atoms with van der Waals surface area (Å²) in [4.78, 5) is 11.3. The number of esters is 1. The third-order valence-corrected chi connectivity index (χ3v) is 1.88. The SMILES string of the molecule is CCOC(=O)[C@H](C)n1ccc(C(F)F)n1. The minimum Gasteiger partial charge on any atom is -0.464 e. The summed E-state index contributed by atoms with van der Waals surface area (Å²) in [5.74, 6) is -0.485. The zero-order chi connectivity index (χ0) is 11.4. The molecule has 1 aromatic rings. The largest absolute Gasteiger partial charge is 0.464 e. The van der Waals surface area contributed by atoms with Gasteiger partial charge in [0, 0.05) is 6.20 Å². The van der Waals surface area contributed by atoms with Gasteiger partial charge in [-0.1, -0.05) is 0 Å². The van der Waals surface area contributed by atoms with E-state index in [0.29, 0.717) is 0 Å². The van der Waals surface area contributed by atoms with E-state index in [4.69, 9.17) is 4.74 Å². The molecule has 0 saturated heterocycles. The molecule has 0 fully saturated rings. The zero-order valence-electron chi connectivity index (χ0n) is 8.48. The predicted molar refractivity (Wildman–Crippen MR) is 48.5 cm³/mol. The maximum Gasteiger partial charge on any atom is 0.330 e. The molecule has 15 heavy (non-hydrogen) atoms. The first-order valence-corrected chi connectivity index (χ1v) is 4.56. The lowest BCUT2D eigenvalue weighted by Crippen LogP contribution is -2.19. The second-order valence-corrected chi connectivity index (χ2v) is 2.95. The first-order chi connectivity index (χ1) is 7.06. The lowest BCUT2D eigenvalue weighted by molar-refractivity contribution is -0.146. The number of hydrogen-bond donors (Lipinski definition) is 0. The summed E-state index contributed by atoms with van der Waals surface area (Å²) in [7, 11) is 0. The average molecular weight is 218 g/mol. The molecule has 0 spiro atoms. The van der Waals surface area contributed by atoms with Crippen molar-refractivity contribution >= 4 is 5.97 Å². The van der Waals surface area contributed by atoms with Crippen molar-refractivity contribution in [2.24, 2.45) is 0 Å². The lowest BCUT2D eigenvalue weighted by atomic mass is 10.3. The lowest BCUT2D eigenvalue weighted by Gasteiger charge is -2.10. The summed E-state index contributed by atoms with van der Waals surface area (Å²) >= 11 is 0. The van der Waals surface area contributed by atoms with E-state index in [1.54, 1.807) is 13.8 Å². The van der Waals surface area contributed by atoms with Gasteiger partial charge in [0.05, 0.1) is 6.61 Å². The van der Waals surface area contributed by atoms with Gasteiger partial charge in [0.1, 0.15) is 11.7 Å². The Kier molecular flexibility index (Phi) is 3.76. The van der Waals surface area contributed by atoms with Crippen molar-refractivity contribution in [2.45, 2.75) is 26.3 Å². The molecule has 0 radical (unpaired) electrons. The Balaban J connectivity index is 2.73. The van der Waals surface area contributed by atoms with E-state index in [2.05, 4.69) is 5.10 Å². The Bertz CT molecular complexity index is 339. The van der Waals surface area contributed by atoms with E-state index in [9.17, 15) is 13.6 Å². The van der Waals surface area contributed by atoms with Crippen LogP contribution in [0.4, 0.5) is 8.78 Å². The second-order valence-electron chi connectivity index (χ2n) is 2.95. The van der Waals surface area contributed by atoms with E-state index in [-0.39, 0.29) is 12.3 Å². The number of aromatic nitrogens is 2. The van der Waals surface area contributed by atoms with Gasteiger partial charge in [-0.05, 0) is 19.9 Å². The van der Waals surface area contributed by atoms with Gasteiger partial charge in [0.2, 0.25) is 0 Å². The van der Waals surface area contributed by atoms with E-state index >= 15 is 0 Å². The van der Waals surface area contributed by atoms with Gasteiger partial charge in [-0.2, -0.15) is 5.10 Å². The average Bonchev–Trinajstić information content (AvgIpc) is 2.65. The van der Waals surface area contributed by atoms with Crippen LogP contribution in [-0.2, 0) is 9.53 Å². The van der Waals surface area contributed by atoms with Crippen molar-refractivity contribution < 1.29 is 18.3 Å². The highest BCUT2D eigenvalue weighted by molar-refractivity contribution is 5.73. The summed E-state index contributed by atoms with van der Waals surface area (Å²) in [6.07, 6.45) is -1.29. The first-order valence-electron chi connectivity index (χ1n) is 4.56. The number of alkyl halides is 2. The maximum absolute atomic E-state index is 12.2. The van der Waals surface area contributed by atoms with Gasteiger partial charge in [0.15, 0.2) is 0 Å². The highest BCUT2D eigenvalue weighted by atomic mass is 19.3. The van der Waals surface area contributed by atoms with Gasteiger partial charge < -0.3 is 4.74 Å². The number of hydrogen-bond acceptors (Lipinski definition) is 3. The molecule has 1 rings (SSSR count). The summed E-state index contributed by atoms with van der Waals surface area (Å²) in [6, 6.07) is 0.498. The number of carbonyl (C=O) groups is 1. The van der Waals surface area contributed by atoms with Crippen LogP contribution in [0, 0.1) is 0 Å². The van der Waals surface area contributed by atoms with Gasteiger partial charge >= 0.3 is 5.97 Å². The quantitative estimate of drug-likeness (QED) is 0.725. The fraction of sp³-hybridized carbons (Fsp3) is 0.556. The van der Waals surface area contributed by atoms with Crippen molar-refractivity contribution in [3.8, 4) is 0 Å². The Morgan fingerprint density at radius 3 is 2.80 bits per heavy atom. The zero-order valence-corrected chi connectivity index (χ0v) is 8.48. The summed E-state index contributed by atoms with van der Waals surface area (Å²) in [6.45, 7) is 3.48. The number of halogens is 2. The van der Waals surface area contributed by atoms with Crippen LogP contribution in [0.1, 0.15) is 32.0 Å². The standard InChI is InChI=1S/C9H12F2N2O2/c1-3-15-9(14)6(2)13-5-4-7(12-13)8(10)11/h4-6,8H,3H2,1-2H3/t6-/m0/s1. The highest BCUT2D eigenvalue weighted by Crippen LogP contribution is 2.17. The molecular formula is C9H12F2N2O2. The van der Waals surface area contributed by atoms with Gasteiger partial charge in [-0.15, -0.1) is 0 Å². The van der Waals surface area contributed by atoms with E-state index in [0.717, 1.165) is 0 Å². The Morgan fingerprint density at radius 2 is 2.33 bits per heavy atom. The normalized spacial score (nSPS) is 12.9. The molecule has 0 amide bonds. The molecule has 1 aromatic heterocycles. The smallest absolute Gasteiger partial charge is 0.330 e. The molecule has 0 aliphatic rings. The molecule has 6 heteroatoms. The van der Waals surface area contributed by atoms with Crippen LogP contribution in [0.2, 0.25) is 0 Å². The monoisotopic (exact) mass is 218 g/mol. The molecule has 0 aliphatic heterocycles. The first kappa shape index (κ1) is 11.6.